The number of carbonyl (C=O) groups is 1. The van der Waals surface area contributed by atoms with Gasteiger partial charge in [-0.3, -0.25) is 0 Å². The topological polar surface area (TPSA) is 53.4 Å². The van der Waals surface area contributed by atoms with Crippen molar-refractivity contribution in [2.75, 3.05) is 18.5 Å². The third-order valence-corrected chi connectivity index (χ3v) is 3.64. The predicted octanol–water partition coefficient (Wildman–Crippen LogP) is 3.23. The van der Waals surface area contributed by atoms with Gasteiger partial charge in [0.15, 0.2) is 5.13 Å². The standard InChI is InChI=1S/C13H22N2O2S/c1-8(2)7-15(6)12-14-10(13(3,4)5)9(18-12)11(16)17/h8H,7H2,1-6H3,(H,16,17). The van der Waals surface area contributed by atoms with Crippen molar-refractivity contribution >= 4 is 22.4 Å². The maximum atomic E-state index is 11.3. The molecule has 0 saturated carbocycles. The van der Waals surface area contributed by atoms with E-state index in [0.29, 0.717) is 16.5 Å². The minimum absolute atomic E-state index is 0.249. The van der Waals surface area contributed by atoms with Crippen molar-refractivity contribution in [2.45, 2.75) is 40.0 Å². The number of thiazole rings is 1. The Balaban J connectivity index is 3.14. The molecule has 0 atom stereocenters. The van der Waals surface area contributed by atoms with Crippen molar-refractivity contribution in [1.82, 2.24) is 4.98 Å². The fraction of sp³-hybridized carbons (Fsp3) is 0.692. The third kappa shape index (κ3) is 3.45. The van der Waals surface area contributed by atoms with Crippen molar-refractivity contribution in [1.29, 1.82) is 0 Å². The highest BCUT2D eigenvalue weighted by Crippen LogP contribution is 2.33. The van der Waals surface area contributed by atoms with Crippen molar-refractivity contribution in [3.8, 4) is 0 Å². The summed E-state index contributed by atoms with van der Waals surface area (Å²) < 4.78 is 0. The first-order valence-corrected chi connectivity index (χ1v) is 6.90. The Labute approximate surface area is 113 Å². The SMILES string of the molecule is CC(C)CN(C)c1nc(C(C)(C)C)c(C(=O)O)s1. The molecule has 0 aliphatic rings. The number of aromatic carboxylic acids is 1. The number of aromatic nitrogens is 1. The molecule has 1 heterocycles. The molecule has 1 rings (SSSR count). The Morgan fingerprint density at radius 1 is 1.44 bits per heavy atom. The van der Waals surface area contributed by atoms with Gasteiger partial charge < -0.3 is 10.0 Å². The van der Waals surface area contributed by atoms with Crippen molar-refractivity contribution in [2.24, 2.45) is 5.92 Å². The summed E-state index contributed by atoms with van der Waals surface area (Å²) >= 11 is 1.26. The summed E-state index contributed by atoms with van der Waals surface area (Å²) in [6, 6.07) is 0. The summed E-state index contributed by atoms with van der Waals surface area (Å²) in [5.74, 6) is -0.369. The number of hydrogen-bond donors (Lipinski definition) is 1. The quantitative estimate of drug-likeness (QED) is 0.912. The van der Waals surface area contributed by atoms with E-state index in [1.165, 1.54) is 11.3 Å². The van der Waals surface area contributed by atoms with Gasteiger partial charge in [-0.25, -0.2) is 9.78 Å². The number of rotatable bonds is 4. The van der Waals surface area contributed by atoms with Crippen molar-refractivity contribution in [3.05, 3.63) is 10.6 Å². The lowest BCUT2D eigenvalue weighted by atomic mass is 9.91. The molecule has 0 radical (unpaired) electrons. The summed E-state index contributed by atoms with van der Waals surface area (Å²) in [5.41, 5.74) is 0.423. The van der Waals surface area contributed by atoms with Crippen LogP contribution in [0.25, 0.3) is 0 Å². The van der Waals surface area contributed by atoms with Gasteiger partial charge in [-0.15, -0.1) is 0 Å². The first-order valence-electron chi connectivity index (χ1n) is 6.08. The molecule has 1 aromatic rings. The summed E-state index contributed by atoms with van der Waals surface area (Å²) in [6.07, 6.45) is 0. The number of carboxylic acid groups (broad SMARTS) is 1. The third-order valence-electron chi connectivity index (χ3n) is 2.49. The van der Waals surface area contributed by atoms with Crippen LogP contribution in [-0.2, 0) is 5.41 Å². The van der Waals surface area contributed by atoms with Crippen LogP contribution in [0.4, 0.5) is 5.13 Å². The van der Waals surface area contributed by atoms with Gasteiger partial charge >= 0.3 is 5.97 Å². The minimum atomic E-state index is -0.887. The lowest BCUT2D eigenvalue weighted by Crippen LogP contribution is -2.22. The average Bonchev–Trinajstić information content (AvgIpc) is 2.59. The Hall–Kier alpha value is -1.10. The molecule has 102 valence electrons. The number of anilines is 1. The van der Waals surface area contributed by atoms with Crippen molar-refractivity contribution in [3.63, 3.8) is 0 Å². The Morgan fingerprint density at radius 2 is 2.00 bits per heavy atom. The molecule has 0 aliphatic carbocycles. The van der Waals surface area contributed by atoms with Gasteiger partial charge in [0, 0.05) is 19.0 Å². The van der Waals surface area contributed by atoms with Gasteiger partial charge in [0.25, 0.3) is 0 Å². The van der Waals surface area contributed by atoms with E-state index in [-0.39, 0.29) is 5.41 Å². The zero-order valence-electron chi connectivity index (χ0n) is 11.9. The fourth-order valence-corrected chi connectivity index (χ4v) is 2.84. The molecule has 0 spiro atoms. The Bertz CT molecular complexity index is 433. The first kappa shape index (κ1) is 15.0. The van der Waals surface area contributed by atoms with Crippen LogP contribution in [0.15, 0.2) is 0 Å². The smallest absolute Gasteiger partial charge is 0.347 e. The van der Waals surface area contributed by atoms with E-state index in [9.17, 15) is 9.90 Å². The number of carboxylic acids is 1. The average molecular weight is 270 g/mol. The molecule has 0 bridgehead atoms. The van der Waals surface area contributed by atoms with Gasteiger partial charge in [0.05, 0.1) is 5.69 Å². The lowest BCUT2D eigenvalue weighted by molar-refractivity contribution is 0.0699. The Morgan fingerprint density at radius 3 is 2.33 bits per heavy atom. The van der Waals surface area contributed by atoms with E-state index in [0.717, 1.165) is 11.7 Å². The summed E-state index contributed by atoms with van der Waals surface area (Å²) in [7, 11) is 1.96. The van der Waals surface area contributed by atoms with Crippen LogP contribution in [0.1, 0.15) is 50.0 Å². The van der Waals surface area contributed by atoms with E-state index in [1.54, 1.807) is 0 Å². The van der Waals surface area contributed by atoms with E-state index in [1.807, 2.05) is 32.7 Å². The minimum Gasteiger partial charge on any atom is -0.477 e. The molecule has 0 aromatic carbocycles. The van der Waals surface area contributed by atoms with Gasteiger partial charge in [0.1, 0.15) is 4.88 Å². The van der Waals surface area contributed by atoms with Gasteiger partial charge in [0.2, 0.25) is 0 Å². The molecule has 1 aromatic heterocycles. The monoisotopic (exact) mass is 270 g/mol. The summed E-state index contributed by atoms with van der Waals surface area (Å²) in [5, 5.41) is 10.0. The van der Waals surface area contributed by atoms with E-state index < -0.39 is 5.97 Å². The predicted molar refractivity (Wildman–Crippen MR) is 75.9 cm³/mol. The van der Waals surface area contributed by atoms with Gasteiger partial charge in [-0.05, 0) is 5.92 Å². The number of hydrogen-bond acceptors (Lipinski definition) is 4. The maximum Gasteiger partial charge on any atom is 0.347 e. The molecule has 4 nitrogen and oxygen atoms in total. The zero-order chi connectivity index (χ0) is 14.1. The van der Waals surface area contributed by atoms with Gasteiger partial charge in [-0.2, -0.15) is 0 Å². The fourth-order valence-electron chi connectivity index (χ4n) is 1.75. The lowest BCUT2D eigenvalue weighted by Gasteiger charge is -2.19. The van der Waals surface area contributed by atoms with Crippen LogP contribution >= 0.6 is 11.3 Å². The van der Waals surface area contributed by atoms with Crippen LogP contribution in [0.2, 0.25) is 0 Å². The second kappa shape index (κ2) is 5.26. The largest absolute Gasteiger partial charge is 0.477 e. The number of nitrogens with zero attached hydrogens (tertiary/aromatic N) is 2. The van der Waals surface area contributed by atoms with Crippen LogP contribution < -0.4 is 4.90 Å². The molecule has 5 heteroatoms. The van der Waals surface area contributed by atoms with E-state index >= 15 is 0 Å². The van der Waals surface area contributed by atoms with Gasteiger partial charge in [-0.1, -0.05) is 46.0 Å². The van der Waals surface area contributed by atoms with Crippen LogP contribution in [0.3, 0.4) is 0 Å². The molecular formula is C13H22N2O2S. The molecule has 1 N–H and O–H groups in total. The maximum absolute atomic E-state index is 11.3. The second-order valence-corrected chi connectivity index (χ2v) is 6.98. The first-order chi connectivity index (χ1) is 8.12. The molecule has 0 amide bonds. The molecule has 0 aliphatic heterocycles. The zero-order valence-corrected chi connectivity index (χ0v) is 12.8. The highest BCUT2D eigenvalue weighted by Gasteiger charge is 2.27. The summed E-state index contributed by atoms with van der Waals surface area (Å²) in [4.78, 5) is 18.2. The molecular weight excluding hydrogens is 248 g/mol. The molecule has 0 unspecified atom stereocenters. The molecule has 0 saturated heterocycles. The van der Waals surface area contributed by atoms with Crippen LogP contribution in [-0.4, -0.2) is 29.7 Å². The van der Waals surface area contributed by atoms with E-state index in [2.05, 4.69) is 18.8 Å². The van der Waals surface area contributed by atoms with Crippen LogP contribution in [0, 0.1) is 5.92 Å². The van der Waals surface area contributed by atoms with E-state index in [4.69, 9.17) is 0 Å². The molecule has 18 heavy (non-hydrogen) atoms. The van der Waals surface area contributed by atoms with Crippen LogP contribution in [0.5, 0.6) is 0 Å². The molecule has 0 fully saturated rings. The Kier molecular flexibility index (Phi) is 4.37. The highest BCUT2D eigenvalue weighted by molar-refractivity contribution is 7.17. The highest BCUT2D eigenvalue weighted by atomic mass is 32.1. The normalized spacial score (nSPS) is 11.9. The second-order valence-electron chi connectivity index (χ2n) is 6.00. The van der Waals surface area contributed by atoms with Crippen molar-refractivity contribution < 1.29 is 9.90 Å². The summed E-state index contributed by atoms with van der Waals surface area (Å²) in [6.45, 7) is 11.1.